The van der Waals surface area contributed by atoms with E-state index >= 15 is 0 Å². The molecule has 0 fully saturated rings. The van der Waals surface area contributed by atoms with Gasteiger partial charge in [-0.2, -0.15) is 0 Å². The first-order chi connectivity index (χ1) is 18.1. The molecule has 3 rings (SSSR count). The number of alkyl carbamates (subject to hydrolysis) is 1. The highest BCUT2D eigenvalue weighted by Gasteiger charge is 2.09. The number of hydrogen-bond donors (Lipinski definition) is 2. The summed E-state index contributed by atoms with van der Waals surface area (Å²) >= 11 is 0. The van der Waals surface area contributed by atoms with Gasteiger partial charge in [-0.15, -0.1) is 0 Å². The number of hydrogen-bond acceptors (Lipinski definition) is 3. The molecule has 0 saturated heterocycles. The fourth-order valence-corrected chi connectivity index (χ4v) is 3.55. The number of ether oxygens (including phenoxy) is 1. The Morgan fingerprint density at radius 3 is 2.30 bits per heavy atom. The van der Waals surface area contributed by atoms with Crippen LogP contribution in [-0.4, -0.2) is 25.7 Å². The molecule has 2 N–H and O–H groups in total. The molecule has 0 bridgehead atoms. The van der Waals surface area contributed by atoms with Crippen molar-refractivity contribution in [3.63, 3.8) is 0 Å². The van der Waals surface area contributed by atoms with Crippen molar-refractivity contribution in [2.45, 2.75) is 26.8 Å². The highest BCUT2D eigenvalue weighted by atomic mass is 16.5. The number of nitrogens with one attached hydrogen (secondary N) is 2. The van der Waals surface area contributed by atoms with E-state index in [2.05, 4.69) is 42.3 Å². The quantitative estimate of drug-likeness (QED) is 0.234. The number of allylic oxidation sites excluding steroid dienone is 3. The number of rotatable bonds is 11. The summed E-state index contributed by atoms with van der Waals surface area (Å²) in [5.41, 5.74) is 6.83. The molecule has 2 amide bonds. The lowest BCUT2D eigenvalue weighted by Gasteiger charge is -2.13. The Morgan fingerprint density at radius 1 is 0.946 bits per heavy atom. The van der Waals surface area contributed by atoms with Crippen molar-refractivity contribution in [2.75, 3.05) is 13.2 Å². The summed E-state index contributed by atoms with van der Waals surface area (Å²) in [4.78, 5) is 21.9. The van der Waals surface area contributed by atoms with Gasteiger partial charge in [-0.3, -0.25) is 4.79 Å². The van der Waals surface area contributed by atoms with Crippen LogP contribution in [0, 0.1) is 6.92 Å². The van der Waals surface area contributed by atoms with Crippen LogP contribution >= 0.6 is 0 Å². The van der Waals surface area contributed by atoms with E-state index in [0.29, 0.717) is 32.5 Å². The van der Waals surface area contributed by atoms with Gasteiger partial charge in [-0.05, 0) is 47.2 Å². The van der Waals surface area contributed by atoms with Gasteiger partial charge >= 0.3 is 6.09 Å². The van der Waals surface area contributed by atoms with Gasteiger partial charge in [0, 0.05) is 19.5 Å². The van der Waals surface area contributed by atoms with Crippen LogP contribution in [0.4, 0.5) is 4.79 Å². The Hall–Kier alpha value is -4.38. The lowest BCUT2D eigenvalue weighted by atomic mass is 9.96. The zero-order chi connectivity index (χ0) is 26.7. The van der Waals surface area contributed by atoms with Crippen molar-refractivity contribution in [1.29, 1.82) is 0 Å². The molecule has 37 heavy (non-hydrogen) atoms. The van der Waals surface area contributed by atoms with Crippen LogP contribution in [0.15, 0.2) is 115 Å². The Kier molecular flexibility index (Phi) is 13.3. The molecule has 0 saturated carbocycles. The molecule has 0 unspecified atom stereocenters. The molecule has 192 valence electrons. The zero-order valence-corrected chi connectivity index (χ0v) is 21.7. The molecule has 0 atom stereocenters. The maximum Gasteiger partial charge on any atom is 0.407 e. The molecule has 0 spiro atoms. The first-order valence-corrected chi connectivity index (χ1v) is 12.3. The monoisotopic (exact) mass is 496 g/mol. The van der Waals surface area contributed by atoms with Gasteiger partial charge in [0.2, 0.25) is 6.41 Å². The van der Waals surface area contributed by atoms with Crippen LogP contribution in [0.2, 0.25) is 0 Å². The van der Waals surface area contributed by atoms with Crippen LogP contribution in [0.1, 0.15) is 23.6 Å². The van der Waals surface area contributed by atoms with Crippen molar-refractivity contribution in [3.8, 4) is 11.1 Å². The summed E-state index contributed by atoms with van der Waals surface area (Å²) in [6.45, 7) is 8.95. The van der Waals surface area contributed by atoms with Gasteiger partial charge in [0.25, 0.3) is 0 Å². The average Bonchev–Trinajstić information content (AvgIpc) is 2.93. The van der Waals surface area contributed by atoms with Gasteiger partial charge < -0.3 is 15.4 Å². The van der Waals surface area contributed by atoms with E-state index in [1.807, 2.05) is 85.8 Å². The van der Waals surface area contributed by atoms with Crippen molar-refractivity contribution >= 4 is 12.5 Å². The summed E-state index contributed by atoms with van der Waals surface area (Å²) in [5.74, 6) is 0. The molecule has 5 nitrogen and oxygen atoms in total. The van der Waals surface area contributed by atoms with E-state index in [4.69, 9.17) is 4.74 Å². The predicted octanol–water partition coefficient (Wildman–Crippen LogP) is 6.55. The molecule has 0 aliphatic rings. The second-order valence-corrected chi connectivity index (χ2v) is 8.15. The summed E-state index contributed by atoms with van der Waals surface area (Å²) in [6, 6.07) is 26.4. The highest BCUT2D eigenvalue weighted by molar-refractivity contribution is 5.72. The molecule has 3 aromatic rings. The maximum absolute atomic E-state index is 12.0. The first-order valence-electron chi connectivity index (χ1n) is 12.3. The van der Waals surface area contributed by atoms with Crippen molar-refractivity contribution in [3.05, 3.63) is 132 Å². The fourth-order valence-electron chi connectivity index (χ4n) is 3.55. The third kappa shape index (κ3) is 10.8. The van der Waals surface area contributed by atoms with E-state index < -0.39 is 0 Å². The van der Waals surface area contributed by atoms with Crippen molar-refractivity contribution in [2.24, 2.45) is 0 Å². The van der Waals surface area contributed by atoms with E-state index in [1.165, 1.54) is 11.1 Å². The minimum Gasteiger partial charge on any atom is -0.449 e. The second-order valence-electron chi connectivity index (χ2n) is 8.15. The van der Waals surface area contributed by atoms with E-state index in [-0.39, 0.29) is 6.09 Å². The van der Waals surface area contributed by atoms with Crippen LogP contribution in [0.25, 0.3) is 11.1 Å². The van der Waals surface area contributed by atoms with Crippen LogP contribution < -0.4 is 10.6 Å². The van der Waals surface area contributed by atoms with Gasteiger partial charge in [-0.25, -0.2) is 4.79 Å². The molecule has 0 heterocycles. The lowest BCUT2D eigenvalue weighted by Crippen LogP contribution is -2.24. The molecule has 0 aliphatic carbocycles. The Balaban J connectivity index is 0.000000371. The zero-order valence-electron chi connectivity index (χ0n) is 21.7. The van der Waals surface area contributed by atoms with Crippen LogP contribution in [0.5, 0.6) is 0 Å². The molecule has 3 aromatic carbocycles. The Labute approximate surface area is 220 Å². The smallest absolute Gasteiger partial charge is 0.407 e. The molecular weight excluding hydrogens is 460 g/mol. The lowest BCUT2D eigenvalue weighted by molar-refractivity contribution is -0.109. The van der Waals surface area contributed by atoms with E-state index in [9.17, 15) is 9.59 Å². The number of carbonyl (C=O) groups is 2. The molecule has 0 radical (unpaired) electrons. The van der Waals surface area contributed by atoms with Gasteiger partial charge in [0.05, 0.1) is 6.61 Å². The largest absolute Gasteiger partial charge is 0.449 e. The predicted molar refractivity (Wildman–Crippen MR) is 152 cm³/mol. The Morgan fingerprint density at radius 2 is 1.62 bits per heavy atom. The van der Waals surface area contributed by atoms with Crippen molar-refractivity contribution < 1.29 is 14.3 Å². The average molecular weight is 497 g/mol. The van der Waals surface area contributed by atoms with Crippen molar-refractivity contribution in [1.82, 2.24) is 10.6 Å². The summed E-state index contributed by atoms with van der Waals surface area (Å²) in [6.07, 6.45) is 8.39. The van der Waals surface area contributed by atoms with Gasteiger partial charge in [0.15, 0.2) is 0 Å². The molecule has 5 heteroatoms. The normalized spacial score (nSPS) is 10.7. The molecular formula is C32H36N2O3. The van der Waals surface area contributed by atoms with Crippen LogP contribution in [-0.2, 0) is 22.5 Å². The second kappa shape index (κ2) is 17.1. The number of amides is 2. The van der Waals surface area contributed by atoms with Gasteiger partial charge in [-0.1, -0.05) is 110 Å². The van der Waals surface area contributed by atoms with Gasteiger partial charge in [0.1, 0.15) is 0 Å². The summed E-state index contributed by atoms with van der Waals surface area (Å²) < 4.78 is 5.29. The highest BCUT2D eigenvalue weighted by Crippen LogP contribution is 2.26. The minimum absolute atomic E-state index is 0.370. The third-order valence-corrected chi connectivity index (χ3v) is 5.55. The third-order valence-electron chi connectivity index (χ3n) is 5.55. The number of aryl methyl sites for hydroxylation is 1. The van der Waals surface area contributed by atoms with E-state index in [1.54, 1.807) is 6.08 Å². The molecule has 0 aromatic heterocycles. The number of carbonyl (C=O) groups excluding carboxylic acids is 2. The van der Waals surface area contributed by atoms with Crippen LogP contribution in [0.3, 0.4) is 0 Å². The number of benzene rings is 3. The topological polar surface area (TPSA) is 67.4 Å². The first kappa shape index (κ1) is 28.9. The minimum atomic E-state index is -0.388. The summed E-state index contributed by atoms with van der Waals surface area (Å²) in [7, 11) is 0. The summed E-state index contributed by atoms with van der Waals surface area (Å²) in [5, 5.41) is 5.43. The molecule has 0 aliphatic heterocycles. The fraction of sp³-hybridized carbons (Fsp3) is 0.188. The maximum atomic E-state index is 12.0. The standard InChI is InChI=1S/C23H23NO2.C9H13NO/c1-18-9-5-7-13-21(18)22-14-8-6-12-20(22)17-24-23(25)26-16-15-19-10-3-2-4-11-19;1-3-5-6-9(4-2)7-10-8-11/h2-14H,15-17H2,1H3,(H,24,25);3-6,8H,1,7H2,2H3,(H,10,11)/b;6-5-,9-4+. The van der Waals surface area contributed by atoms with E-state index in [0.717, 1.165) is 22.3 Å². The SMILES string of the molecule is C=C/C=C\C(=C/C)CNC=O.Cc1ccccc1-c1ccccc1CNC(=O)OCCc1ccccc1. The Bertz CT molecular complexity index is 1180.